The maximum absolute atomic E-state index is 12.1. The molecule has 0 aliphatic carbocycles. The number of nitrogens with one attached hydrogen (secondary N) is 2. The summed E-state index contributed by atoms with van der Waals surface area (Å²) in [5.74, 6) is -0.0142. The summed E-state index contributed by atoms with van der Waals surface area (Å²) in [7, 11) is 0. The fourth-order valence-corrected chi connectivity index (χ4v) is 3.22. The molecule has 0 radical (unpaired) electrons. The Bertz CT molecular complexity index is 785. The molecule has 7 heteroatoms. The average Bonchev–Trinajstić information content (AvgIpc) is 3.25. The molecule has 0 aromatic carbocycles. The highest BCUT2D eigenvalue weighted by atomic mass is 35.5. The van der Waals surface area contributed by atoms with Crippen LogP contribution in [0.1, 0.15) is 29.4 Å². The number of rotatable bonds is 6. The van der Waals surface area contributed by atoms with Crippen molar-refractivity contribution < 1.29 is 4.79 Å². The molecule has 126 valence electrons. The number of pyridine rings is 1. The number of carbonyl (C=O) groups is 1. The monoisotopic (exact) mass is 362 g/mol. The molecule has 0 fully saturated rings. The predicted octanol–water partition coefficient (Wildman–Crippen LogP) is 4.15. The number of carbonyl (C=O) groups excluding carboxylic acids is 1. The molecule has 0 aliphatic rings. The molecule has 0 bridgehead atoms. The molecule has 3 aromatic rings. The van der Waals surface area contributed by atoms with E-state index in [0.717, 1.165) is 41.1 Å². The number of aromatic amines is 1. The van der Waals surface area contributed by atoms with E-state index in [-0.39, 0.29) is 18.3 Å². The maximum atomic E-state index is 12.1. The fraction of sp³-hybridized carbons (Fsp3) is 0.235. The van der Waals surface area contributed by atoms with Crippen molar-refractivity contribution in [2.24, 2.45) is 0 Å². The van der Waals surface area contributed by atoms with E-state index >= 15 is 0 Å². The molecule has 0 unspecified atom stereocenters. The molecule has 5 nitrogen and oxygen atoms in total. The highest BCUT2D eigenvalue weighted by Gasteiger charge is 2.14. The molecule has 3 heterocycles. The SMILES string of the molecule is CCCCNC(=O)c1ccc(-c2[nH]ncc2-c2ccncc2)s1.Cl. The van der Waals surface area contributed by atoms with E-state index in [4.69, 9.17) is 0 Å². The lowest BCUT2D eigenvalue weighted by atomic mass is 10.1. The van der Waals surface area contributed by atoms with Crippen molar-refractivity contribution >= 4 is 29.7 Å². The van der Waals surface area contributed by atoms with Gasteiger partial charge < -0.3 is 5.32 Å². The van der Waals surface area contributed by atoms with Gasteiger partial charge in [-0.15, -0.1) is 23.7 Å². The largest absolute Gasteiger partial charge is 0.351 e. The maximum Gasteiger partial charge on any atom is 0.261 e. The van der Waals surface area contributed by atoms with Crippen LogP contribution in [0.3, 0.4) is 0 Å². The van der Waals surface area contributed by atoms with Crippen LogP contribution in [0, 0.1) is 0 Å². The lowest BCUT2D eigenvalue weighted by molar-refractivity contribution is 0.0957. The van der Waals surface area contributed by atoms with E-state index in [1.54, 1.807) is 18.6 Å². The molecule has 24 heavy (non-hydrogen) atoms. The molecule has 0 atom stereocenters. The number of hydrogen-bond acceptors (Lipinski definition) is 4. The number of H-pyrrole nitrogens is 1. The van der Waals surface area contributed by atoms with Gasteiger partial charge in [0.1, 0.15) is 0 Å². The Balaban J connectivity index is 0.00000208. The van der Waals surface area contributed by atoms with E-state index in [0.29, 0.717) is 4.88 Å². The summed E-state index contributed by atoms with van der Waals surface area (Å²) in [6, 6.07) is 7.71. The Morgan fingerprint density at radius 1 is 1.25 bits per heavy atom. The molecule has 0 aliphatic heterocycles. The Kier molecular flexibility index (Phi) is 6.52. The topological polar surface area (TPSA) is 70.7 Å². The van der Waals surface area contributed by atoms with Crippen LogP contribution in [0.25, 0.3) is 21.7 Å². The summed E-state index contributed by atoms with van der Waals surface area (Å²) in [5, 5.41) is 10.1. The van der Waals surface area contributed by atoms with Gasteiger partial charge >= 0.3 is 0 Å². The van der Waals surface area contributed by atoms with Gasteiger partial charge in [0.05, 0.1) is 21.6 Å². The molecule has 1 amide bonds. The molecular formula is C17H19ClN4OS. The molecule has 3 rings (SSSR count). The predicted molar refractivity (Wildman–Crippen MR) is 99.6 cm³/mol. The van der Waals surface area contributed by atoms with Gasteiger partial charge in [-0.2, -0.15) is 5.10 Å². The van der Waals surface area contributed by atoms with Crippen LogP contribution in [0.5, 0.6) is 0 Å². The van der Waals surface area contributed by atoms with Crippen LogP contribution < -0.4 is 5.32 Å². The molecule has 2 N–H and O–H groups in total. The minimum absolute atomic E-state index is 0. The van der Waals surface area contributed by atoms with Crippen molar-refractivity contribution in [1.29, 1.82) is 0 Å². The lowest BCUT2D eigenvalue weighted by Crippen LogP contribution is -2.23. The summed E-state index contributed by atoms with van der Waals surface area (Å²) >= 11 is 1.47. The Labute approximate surface area is 150 Å². The quantitative estimate of drug-likeness (QED) is 0.647. The van der Waals surface area contributed by atoms with Gasteiger partial charge in [0, 0.05) is 24.5 Å². The van der Waals surface area contributed by atoms with Gasteiger partial charge in [-0.25, -0.2) is 0 Å². The van der Waals surface area contributed by atoms with Gasteiger partial charge in [-0.3, -0.25) is 14.9 Å². The summed E-state index contributed by atoms with van der Waals surface area (Å²) in [4.78, 5) is 17.9. The van der Waals surface area contributed by atoms with E-state index < -0.39 is 0 Å². The Hall–Kier alpha value is -2.18. The third-order valence-electron chi connectivity index (χ3n) is 3.52. The molecular weight excluding hydrogens is 344 g/mol. The molecule has 0 spiro atoms. The van der Waals surface area contributed by atoms with Crippen molar-refractivity contribution in [3.05, 3.63) is 47.7 Å². The number of hydrogen-bond donors (Lipinski definition) is 2. The average molecular weight is 363 g/mol. The number of thiophene rings is 1. The van der Waals surface area contributed by atoms with Crippen LogP contribution in [-0.4, -0.2) is 27.6 Å². The Morgan fingerprint density at radius 3 is 2.79 bits per heavy atom. The standard InChI is InChI=1S/C17H18N4OS.ClH/c1-2-3-8-19-17(22)15-5-4-14(23-15)16-13(11-20-21-16)12-6-9-18-10-7-12;/h4-7,9-11H,2-3,8H2,1H3,(H,19,22)(H,20,21);1H. The van der Waals surface area contributed by atoms with E-state index in [2.05, 4.69) is 27.4 Å². The summed E-state index contributed by atoms with van der Waals surface area (Å²) < 4.78 is 0. The summed E-state index contributed by atoms with van der Waals surface area (Å²) in [5.41, 5.74) is 2.98. The van der Waals surface area contributed by atoms with Crippen molar-refractivity contribution in [1.82, 2.24) is 20.5 Å². The van der Waals surface area contributed by atoms with Crippen LogP contribution >= 0.6 is 23.7 Å². The van der Waals surface area contributed by atoms with E-state index in [9.17, 15) is 4.79 Å². The van der Waals surface area contributed by atoms with Crippen molar-refractivity contribution in [2.45, 2.75) is 19.8 Å². The number of halogens is 1. The second-order valence-electron chi connectivity index (χ2n) is 5.17. The number of nitrogens with zero attached hydrogens (tertiary/aromatic N) is 2. The molecule has 3 aromatic heterocycles. The first-order valence-electron chi connectivity index (χ1n) is 7.61. The van der Waals surface area contributed by atoms with Crippen molar-refractivity contribution in [3.63, 3.8) is 0 Å². The third-order valence-corrected chi connectivity index (χ3v) is 4.62. The fourth-order valence-electron chi connectivity index (χ4n) is 2.28. The zero-order valence-electron chi connectivity index (χ0n) is 13.3. The smallest absolute Gasteiger partial charge is 0.261 e. The van der Waals surface area contributed by atoms with E-state index in [1.165, 1.54) is 11.3 Å². The minimum atomic E-state index is -0.0142. The van der Waals surface area contributed by atoms with Crippen LogP contribution in [0.15, 0.2) is 42.9 Å². The van der Waals surface area contributed by atoms with Gasteiger partial charge in [0.2, 0.25) is 0 Å². The molecule has 0 saturated heterocycles. The summed E-state index contributed by atoms with van der Waals surface area (Å²) in [6.07, 6.45) is 7.38. The highest BCUT2D eigenvalue weighted by Crippen LogP contribution is 2.34. The van der Waals surface area contributed by atoms with Crippen molar-refractivity contribution in [3.8, 4) is 21.7 Å². The van der Waals surface area contributed by atoms with E-state index in [1.807, 2.05) is 24.3 Å². The van der Waals surface area contributed by atoms with Gasteiger partial charge in [-0.05, 0) is 36.2 Å². The first kappa shape index (κ1) is 18.2. The second-order valence-corrected chi connectivity index (χ2v) is 6.25. The Morgan fingerprint density at radius 2 is 2.04 bits per heavy atom. The number of aromatic nitrogens is 3. The molecule has 0 saturated carbocycles. The second kappa shape index (κ2) is 8.61. The van der Waals surface area contributed by atoms with Gasteiger partial charge in [0.15, 0.2) is 0 Å². The zero-order valence-corrected chi connectivity index (χ0v) is 14.9. The first-order valence-corrected chi connectivity index (χ1v) is 8.43. The van der Waals surface area contributed by atoms with Crippen LogP contribution in [-0.2, 0) is 0 Å². The number of unbranched alkanes of at least 4 members (excludes halogenated alkanes) is 1. The lowest BCUT2D eigenvalue weighted by Gasteiger charge is -2.02. The van der Waals surface area contributed by atoms with Gasteiger partial charge in [0.25, 0.3) is 5.91 Å². The normalized spacial score (nSPS) is 10.2. The zero-order chi connectivity index (χ0) is 16.1. The van der Waals surface area contributed by atoms with Gasteiger partial charge in [-0.1, -0.05) is 13.3 Å². The third kappa shape index (κ3) is 4.01. The first-order chi connectivity index (χ1) is 11.3. The number of amides is 1. The van der Waals surface area contributed by atoms with Crippen molar-refractivity contribution in [2.75, 3.05) is 6.54 Å². The van der Waals surface area contributed by atoms with Crippen LogP contribution in [0.2, 0.25) is 0 Å². The minimum Gasteiger partial charge on any atom is -0.351 e. The summed E-state index contributed by atoms with van der Waals surface area (Å²) in [6.45, 7) is 2.82. The highest BCUT2D eigenvalue weighted by molar-refractivity contribution is 7.17. The van der Waals surface area contributed by atoms with Crippen LogP contribution in [0.4, 0.5) is 0 Å².